The van der Waals surface area contributed by atoms with Crippen LogP contribution in [0, 0.1) is 6.92 Å². The van der Waals surface area contributed by atoms with Crippen LogP contribution in [0.2, 0.25) is 0 Å². The Labute approximate surface area is 112 Å². The summed E-state index contributed by atoms with van der Waals surface area (Å²) in [6.45, 7) is 5.54. The predicted molar refractivity (Wildman–Crippen MR) is 74.9 cm³/mol. The van der Waals surface area contributed by atoms with Crippen LogP contribution in [0.3, 0.4) is 0 Å². The first-order valence-electron chi connectivity index (χ1n) is 6.37. The Hall–Kier alpha value is -2.24. The highest BCUT2D eigenvalue weighted by Gasteiger charge is 2.03. The normalized spacial score (nSPS) is 10.2. The Kier molecular flexibility index (Phi) is 4.60. The minimum absolute atomic E-state index is 0.596. The zero-order chi connectivity index (χ0) is 13.5. The molecule has 2 aromatic rings. The molecule has 6 nitrogen and oxygen atoms in total. The zero-order valence-electron chi connectivity index (χ0n) is 11.2. The molecule has 2 rings (SSSR count). The van der Waals surface area contributed by atoms with E-state index in [-0.39, 0.29) is 0 Å². The number of nitrogens with one attached hydrogen (secondary N) is 2. The molecule has 0 bridgehead atoms. The molecule has 6 heteroatoms. The predicted octanol–water partition coefficient (Wildman–Crippen LogP) is 2.01. The van der Waals surface area contributed by atoms with Crippen molar-refractivity contribution in [1.29, 1.82) is 0 Å². The number of anilines is 2. The summed E-state index contributed by atoms with van der Waals surface area (Å²) in [5.74, 6) is 1.47. The molecule has 0 fully saturated rings. The lowest BCUT2D eigenvalue weighted by Gasteiger charge is -2.10. The van der Waals surface area contributed by atoms with Crippen molar-refractivity contribution >= 4 is 11.8 Å². The van der Waals surface area contributed by atoms with Crippen LogP contribution in [-0.4, -0.2) is 26.7 Å². The second-order valence-electron chi connectivity index (χ2n) is 4.22. The van der Waals surface area contributed by atoms with Gasteiger partial charge in [-0.2, -0.15) is 15.2 Å². The number of rotatable bonds is 6. The molecule has 100 valence electrons. The molecule has 19 heavy (non-hydrogen) atoms. The monoisotopic (exact) mass is 258 g/mol. The number of aromatic nitrogens is 4. The van der Waals surface area contributed by atoms with E-state index in [0.717, 1.165) is 30.0 Å². The highest BCUT2D eigenvalue weighted by Crippen LogP contribution is 2.13. The largest absolute Gasteiger partial charge is 0.364 e. The molecule has 2 aromatic heterocycles. The van der Waals surface area contributed by atoms with Crippen LogP contribution in [-0.2, 0) is 6.54 Å². The summed E-state index contributed by atoms with van der Waals surface area (Å²) in [5, 5.41) is 14.3. The molecule has 2 heterocycles. The number of hydrogen-bond acceptors (Lipinski definition) is 6. The van der Waals surface area contributed by atoms with E-state index in [1.54, 1.807) is 6.20 Å². The molecular formula is C13H18N6. The van der Waals surface area contributed by atoms with Crippen LogP contribution >= 0.6 is 0 Å². The van der Waals surface area contributed by atoms with E-state index < -0.39 is 0 Å². The van der Waals surface area contributed by atoms with Crippen molar-refractivity contribution in [2.45, 2.75) is 26.8 Å². The van der Waals surface area contributed by atoms with Crippen LogP contribution in [0.25, 0.3) is 0 Å². The van der Waals surface area contributed by atoms with Crippen molar-refractivity contribution in [2.75, 3.05) is 17.2 Å². The molecule has 0 atom stereocenters. The Balaban J connectivity index is 2.02. The quantitative estimate of drug-likeness (QED) is 0.825. The van der Waals surface area contributed by atoms with Crippen LogP contribution in [0.4, 0.5) is 11.8 Å². The van der Waals surface area contributed by atoms with Gasteiger partial charge in [-0.05, 0) is 25.5 Å². The topological polar surface area (TPSA) is 75.6 Å². The second-order valence-corrected chi connectivity index (χ2v) is 4.22. The minimum atomic E-state index is 0.596. The standard InChI is InChI=1S/C13H18N6/c1-3-6-14-13-16-8-10(2)12(18-13)15-9-11-5-4-7-17-19-11/h4-5,7-8H,3,6,9H2,1-2H3,(H2,14,15,16,18). The van der Waals surface area contributed by atoms with Gasteiger partial charge in [-0.15, -0.1) is 0 Å². The lowest BCUT2D eigenvalue weighted by molar-refractivity contribution is 0.912. The van der Waals surface area contributed by atoms with Gasteiger partial charge in [-0.25, -0.2) is 4.98 Å². The number of nitrogens with zero attached hydrogens (tertiary/aromatic N) is 4. The zero-order valence-corrected chi connectivity index (χ0v) is 11.2. The smallest absolute Gasteiger partial charge is 0.224 e. The SMILES string of the molecule is CCCNc1ncc(C)c(NCc2cccnn2)n1. The van der Waals surface area contributed by atoms with Crippen molar-refractivity contribution in [3.8, 4) is 0 Å². The third kappa shape index (κ3) is 3.87. The molecule has 0 spiro atoms. The van der Waals surface area contributed by atoms with Gasteiger partial charge in [0.1, 0.15) is 5.82 Å². The Morgan fingerprint density at radius 1 is 1.26 bits per heavy atom. The van der Waals surface area contributed by atoms with E-state index in [1.807, 2.05) is 25.3 Å². The molecule has 0 aromatic carbocycles. The van der Waals surface area contributed by atoms with Gasteiger partial charge < -0.3 is 10.6 Å². The lowest BCUT2D eigenvalue weighted by atomic mass is 10.3. The molecule has 0 radical (unpaired) electrons. The summed E-state index contributed by atoms with van der Waals surface area (Å²) in [5.41, 5.74) is 1.88. The highest BCUT2D eigenvalue weighted by molar-refractivity contribution is 5.46. The van der Waals surface area contributed by atoms with E-state index in [9.17, 15) is 0 Å². The van der Waals surface area contributed by atoms with Gasteiger partial charge in [0.25, 0.3) is 0 Å². The van der Waals surface area contributed by atoms with Crippen LogP contribution < -0.4 is 10.6 Å². The average molecular weight is 258 g/mol. The summed E-state index contributed by atoms with van der Waals surface area (Å²) < 4.78 is 0. The van der Waals surface area contributed by atoms with E-state index in [1.165, 1.54) is 0 Å². The minimum Gasteiger partial charge on any atom is -0.364 e. The first-order valence-corrected chi connectivity index (χ1v) is 6.37. The summed E-state index contributed by atoms with van der Waals surface area (Å²) in [6, 6.07) is 3.79. The molecule has 0 saturated carbocycles. The van der Waals surface area contributed by atoms with Crippen LogP contribution in [0.1, 0.15) is 24.6 Å². The average Bonchev–Trinajstić information content (AvgIpc) is 2.46. The van der Waals surface area contributed by atoms with Gasteiger partial charge in [0, 0.05) is 24.5 Å². The fourth-order valence-corrected chi connectivity index (χ4v) is 1.54. The van der Waals surface area contributed by atoms with Crippen molar-refractivity contribution in [2.24, 2.45) is 0 Å². The van der Waals surface area contributed by atoms with E-state index in [4.69, 9.17) is 0 Å². The fraction of sp³-hybridized carbons (Fsp3) is 0.385. The molecule has 0 unspecified atom stereocenters. The van der Waals surface area contributed by atoms with E-state index >= 15 is 0 Å². The second kappa shape index (κ2) is 6.63. The maximum absolute atomic E-state index is 4.44. The van der Waals surface area contributed by atoms with Crippen molar-refractivity contribution in [3.63, 3.8) is 0 Å². The van der Waals surface area contributed by atoms with Crippen LogP contribution in [0.15, 0.2) is 24.5 Å². The molecule has 0 aliphatic rings. The van der Waals surface area contributed by atoms with E-state index in [0.29, 0.717) is 12.5 Å². The lowest BCUT2D eigenvalue weighted by Crippen LogP contribution is -2.09. The molecule has 0 amide bonds. The van der Waals surface area contributed by atoms with Gasteiger partial charge >= 0.3 is 0 Å². The number of aryl methyl sites for hydroxylation is 1. The summed E-state index contributed by atoms with van der Waals surface area (Å²) in [4.78, 5) is 8.68. The maximum atomic E-state index is 4.44. The summed E-state index contributed by atoms with van der Waals surface area (Å²) >= 11 is 0. The molecule has 0 aliphatic heterocycles. The summed E-state index contributed by atoms with van der Waals surface area (Å²) in [7, 11) is 0. The van der Waals surface area contributed by atoms with Crippen molar-refractivity contribution in [3.05, 3.63) is 35.8 Å². The first-order chi connectivity index (χ1) is 9.29. The molecule has 0 aliphatic carbocycles. The Bertz CT molecular complexity index is 514. The van der Waals surface area contributed by atoms with Crippen molar-refractivity contribution in [1.82, 2.24) is 20.2 Å². The van der Waals surface area contributed by atoms with Crippen molar-refractivity contribution < 1.29 is 0 Å². The highest BCUT2D eigenvalue weighted by atomic mass is 15.1. The number of hydrogen-bond donors (Lipinski definition) is 2. The Morgan fingerprint density at radius 2 is 2.16 bits per heavy atom. The maximum Gasteiger partial charge on any atom is 0.224 e. The molecule has 0 saturated heterocycles. The van der Waals surface area contributed by atoms with Gasteiger partial charge in [-0.1, -0.05) is 6.92 Å². The van der Waals surface area contributed by atoms with Gasteiger partial charge in [0.15, 0.2) is 0 Å². The van der Waals surface area contributed by atoms with Gasteiger partial charge in [0.2, 0.25) is 5.95 Å². The van der Waals surface area contributed by atoms with Crippen LogP contribution in [0.5, 0.6) is 0 Å². The molecule has 2 N–H and O–H groups in total. The molecular weight excluding hydrogens is 240 g/mol. The third-order valence-corrected chi connectivity index (χ3v) is 2.57. The summed E-state index contributed by atoms with van der Waals surface area (Å²) in [6.07, 6.45) is 4.51. The Morgan fingerprint density at radius 3 is 2.89 bits per heavy atom. The third-order valence-electron chi connectivity index (χ3n) is 2.57. The van der Waals surface area contributed by atoms with Gasteiger partial charge in [0.05, 0.1) is 12.2 Å². The fourth-order valence-electron chi connectivity index (χ4n) is 1.54. The van der Waals surface area contributed by atoms with Gasteiger partial charge in [-0.3, -0.25) is 0 Å². The van der Waals surface area contributed by atoms with E-state index in [2.05, 4.69) is 37.7 Å². The first kappa shape index (κ1) is 13.2.